The van der Waals surface area contributed by atoms with Gasteiger partial charge < -0.3 is 29.4 Å². The van der Waals surface area contributed by atoms with Crippen LogP contribution in [0.1, 0.15) is 18.6 Å². The molecule has 2 N–H and O–H groups in total. The second kappa shape index (κ2) is 10.2. The van der Waals surface area contributed by atoms with E-state index in [1.54, 1.807) is 27.5 Å². The maximum atomic E-state index is 11.8. The van der Waals surface area contributed by atoms with Crippen LogP contribution in [0.25, 0.3) is 0 Å². The van der Waals surface area contributed by atoms with Gasteiger partial charge in [0.05, 0.1) is 11.9 Å². The highest BCUT2D eigenvalue weighted by molar-refractivity contribution is 5.84. The molecule has 1 saturated heterocycles. The molecule has 1 fully saturated rings. The van der Waals surface area contributed by atoms with Crippen LogP contribution in [-0.2, 0) is 20.7 Å². The number of amides is 1. The molecule has 0 unspecified atom stereocenters. The Bertz CT molecular complexity index is 566. The van der Waals surface area contributed by atoms with Gasteiger partial charge in [0.2, 0.25) is 5.91 Å². The van der Waals surface area contributed by atoms with Crippen molar-refractivity contribution >= 4 is 11.9 Å². The molecule has 26 heavy (non-hydrogen) atoms. The zero-order valence-electron chi connectivity index (χ0n) is 15.9. The van der Waals surface area contributed by atoms with Crippen LogP contribution in [0.3, 0.4) is 0 Å². The van der Waals surface area contributed by atoms with E-state index in [0.717, 1.165) is 25.0 Å². The van der Waals surface area contributed by atoms with E-state index in [1.807, 2.05) is 12.1 Å². The van der Waals surface area contributed by atoms with E-state index in [4.69, 9.17) is 13.9 Å². The van der Waals surface area contributed by atoms with E-state index in [0.29, 0.717) is 32.3 Å². The number of carbonyl (C=O) groups excluding carboxylic acids is 1. The molecule has 0 aliphatic carbocycles. The molecule has 1 aromatic heterocycles. The van der Waals surface area contributed by atoms with Gasteiger partial charge in [0, 0.05) is 66.8 Å². The maximum absolute atomic E-state index is 11.8. The SMILES string of the molecule is COC1(CNC(=NCC(=O)N(C)C)NCCc2ccco2)CCOCC1. The third-order valence-electron chi connectivity index (χ3n) is 4.53. The second-order valence-electron chi connectivity index (χ2n) is 6.56. The molecule has 0 radical (unpaired) electrons. The quantitative estimate of drug-likeness (QED) is 0.519. The first-order valence-electron chi connectivity index (χ1n) is 8.92. The van der Waals surface area contributed by atoms with Gasteiger partial charge >= 0.3 is 0 Å². The number of carbonyl (C=O) groups is 1. The number of rotatable bonds is 8. The molecule has 146 valence electrons. The van der Waals surface area contributed by atoms with Gasteiger partial charge in [-0.3, -0.25) is 4.79 Å². The van der Waals surface area contributed by atoms with E-state index in [9.17, 15) is 4.79 Å². The Morgan fingerprint density at radius 3 is 2.73 bits per heavy atom. The van der Waals surface area contributed by atoms with E-state index in [2.05, 4.69) is 15.6 Å². The van der Waals surface area contributed by atoms with Gasteiger partial charge in [-0.2, -0.15) is 0 Å². The average Bonchev–Trinajstić information content (AvgIpc) is 3.17. The molecular formula is C18H30N4O4. The van der Waals surface area contributed by atoms with Gasteiger partial charge in [0.15, 0.2) is 5.96 Å². The first-order valence-corrected chi connectivity index (χ1v) is 8.92. The fraction of sp³-hybridized carbons (Fsp3) is 0.667. The van der Waals surface area contributed by atoms with Crippen molar-refractivity contribution in [1.82, 2.24) is 15.5 Å². The van der Waals surface area contributed by atoms with Crippen LogP contribution in [0.15, 0.2) is 27.8 Å². The fourth-order valence-corrected chi connectivity index (χ4v) is 2.66. The third-order valence-corrected chi connectivity index (χ3v) is 4.53. The monoisotopic (exact) mass is 366 g/mol. The van der Waals surface area contributed by atoms with Crippen LogP contribution in [0.5, 0.6) is 0 Å². The molecule has 1 aliphatic rings. The lowest BCUT2D eigenvalue weighted by atomic mass is 9.94. The number of ether oxygens (including phenoxy) is 2. The van der Waals surface area contributed by atoms with Crippen molar-refractivity contribution in [2.45, 2.75) is 24.9 Å². The summed E-state index contributed by atoms with van der Waals surface area (Å²) in [5.41, 5.74) is -0.271. The van der Waals surface area contributed by atoms with Crippen LogP contribution in [0.4, 0.5) is 0 Å². The van der Waals surface area contributed by atoms with Crippen LogP contribution < -0.4 is 10.6 Å². The Labute approximate surface area is 154 Å². The van der Waals surface area contributed by atoms with Crippen molar-refractivity contribution in [1.29, 1.82) is 0 Å². The molecule has 0 aromatic carbocycles. The maximum Gasteiger partial charge on any atom is 0.243 e. The predicted octanol–water partition coefficient (Wildman–Crippen LogP) is 0.641. The van der Waals surface area contributed by atoms with E-state index in [-0.39, 0.29) is 18.1 Å². The lowest BCUT2D eigenvalue weighted by Crippen LogP contribution is -2.51. The van der Waals surface area contributed by atoms with Crippen molar-refractivity contribution in [3.8, 4) is 0 Å². The number of nitrogens with one attached hydrogen (secondary N) is 2. The molecule has 0 atom stereocenters. The molecule has 0 bridgehead atoms. The molecule has 0 spiro atoms. The van der Waals surface area contributed by atoms with Crippen molar-refractivity contribution in [3.63, 3.8) is 0 Å². The molecule has 2 rings (SSSR count). The summed E-state index contributed by atoms with van der Waals surface area (Å²) in [5, 5.41) is 6.57. The van der Waals surface area contributed by atoms with Crippen molar-refractivity contribution in [3.05, 3.63) is 24.2 Å². The van der Waals surface area contributed by atoms with Crippen LogP contribution in [-0.4, -0.2) is 76.4 Å². The number of aliphatic imine (C=N–C) groups is 1. The molecule has 1 aromatic rings. The van der Waals surface area contributed by atoms with E-state index in [1.165, 1.54) is 4.90 Å². The Balaban J connectivity index is 1.92. The molecule has 1 aliphatic heterocycles. The van der Waals surface area contributed by atoms with Crippen LogP contribution in [0, 0.1) is 0 Å². The number of likely N-dealkylation sites (N-methyl/N-ethyl adjacent to an activating group) is 1. The third kappa shape index (κ3) is 6.34. The van der Waals surface area contributed by atoms with Crippen molar-refractivity contribution < 1.29 is 18.7 Å². The van der Waals surface area contributed by atoms with Crippen LogP contribution >= 0.6 is 0 Å². The second-order valence-corrected chi connectivity index (χ2v) is 6.56. The Morgan fingerprint density at radius 2 is 2.12 bits per heavy atom. The lowest BCUT2D eigenvalue weighted by molar-refractivity contribution is -0.127. The van der Waals surface area contributed by atoms with E-state index < -0.39 is 0 Å². The molecule has 8 heteroatoms. The topological polar surface area (TPSA) is 88.3 Å². The summed E-state index contributed by atoms with van der Waals surface area (Å²) in [6.07, 6.45) is 4.05. The summed E-state index contributed by atoms with van der Waals surface area (Å²) in [7, 11) is 5.16. The number of furan rings is 1. The first-order chi connectivity index (χ1) is 12.5. The average molecular weight is 366 g/mol. The predicted molar refractivity (Wildman–Crippen MR) is 99.2 cm³/mol. The molecule has 1 amide bonds. The summed E-state index contributed by atoms with van der Waals surface area (Å²) in [4.78, 5) is 17.8. The minimum absolute atomic E-state index is 0.0512. The first kappa shape index (κ1) is 20.3. The minimum atomic E-state index is -0.271. The largest absolute Gasteiger partial charge is 0.469 e. The summed E-state index contributed by atoms with van der Waals surface area (Å²) in [6.45, 7) is 2.72. The van der Waals surface area contributed by atoms with Gasteiger partial charge in [-0.15, -0.1) is 0 Å². The highest BCUT2D eigenvalue weighted by Crippen LogP contribution is 2.23. The standard InChI is InChI=1S/C18H30N4O4/c1-22(2)16(23)13-20-17(19-9-6-15-5-4-10-26-15)21-14-18(24-3)7-11-25-12-8-18/h4-5,10H,6-9,11-14H2,1-3H3,(H2,19,20,21). The number of methoxy groups -OCH3 is 1. The molecule has 8 nitrogen and oxygen atoms in total. The highest BCUT2D eigenvalue weighted by atomic mass is 16.5. The number of guanidine groups is 1. The zero-order chi connectivity index (χ0) is 18.8. The summed E-state index contributed by atoms with van der Waals surface area (Å²) >= 11 is 0. The van der Waals surface area contributed by atoms with Gasteiger partial charge in [0.1, 0.15) is 12.3 Å². The van der Waals surface area contributed by atoms with Gasteiger partial charge in [-0.05, 0) is 12.1 Å². The molecular weight excluding hydrogens is 336 g/mol. The summed E-state index contributed by atoms with van der Waals surface area (Å²) in [6, 6.07) is 3.80. The Hall–Kier alpha value is -2.06. The van der Waals surface area contributed by atoms with Crippen LogP contribution in [0.2, 0.25) is 0 Å². The van der Waals surface area contributed by atoms with Gasteiger partial charge in [-0.25, -0.2) is 4.99 Å². The minimum Gasteiger partial charge on any atom is -0.469 e. The number of nitrogens with zero attached hydrogens (tertiary/aromatic N) is 2. The van der Waals surface area contributed by atoms with Crippen molar-refractivity contribution in [2.75, 3.05) is 54.1 Å². The summed E-state index contributed by atoms with van der Waals surface area (Å²) < 4.78 is 16.5. The lowest BCUT2D eigenvalue weighted by Gasteiger charge is -2.36. The smallest absolute Gasteiger partial charge is 0.243 e. The molecule has 2 heterocycles. The van der Waals surface area contributed by atoms with Crippen molar-refractivity contribution in [2.24, 2.45) is 4.99 Å². The fourth-order valence-electron chi connectivity index (χ4n) is 2.66. The Kier molecular flexibility index (Phi) is 7.93. The van der Waals surface area contributed by atoms with Gasteiger partial charge in [-0.1, -0.05) is 0 Å². The molecule has 0 saturated carbocycles. The Morgan fingerprint density at radius 1 is 1.35 bits per heavy atom. The van der Waals surface area contributed by atoms with Gasteiger partial charge in [0.25, 0.3) is 0 Å². The summed E-state index contributed by atoms with van der Waals surface area (Å²) in [5.74, 6) is 1.44. The normalized spacial score (nSPS) is 17.0. The van der Waals surface area contributed by atoms with E-state index >= 15 is 0 Å². The highest BCUT2D eigenvalue weighted by Gasteiger charge is 2.32. The zero-order valence-corrected chi connectivity index (χ0v) is 15.9. The number of hydrogen-bond acceptors (Lipinski definition) is 5. The number of hydrogen-bond donors (Lipinski definition) is 2.